The van der Waals surface area contributed by atoms with Gasteiger partial charge in [0.25, 0.3) is 0 Å². The summed E-state index contributed by atoms with van der Waals surface area (Å²) in [5, 5.41) is 3.53. The van der Waals surface area contributed by atoms with E-state index in [9.17, 15) is 0 Å². The SMILES string of the molecule is COc1ccc(-n2c(C3CCCN3)nc3cccnc32)cc1. The van der Waals surface area contributed by atoms with E-state index in [0.29, 0.717) is 0 Å². The molecule has 1 fully saturated rings. The van der Waals surface area contributed by atoms with Gasteiger partial charge < -0.3 is 10.1 Å². The Morgan fingerprint density at radius 3 is 2.82 bits per heavy atom. The van der Waals surface area contributed by atoms with Gasteiger partial charge in [0.15, 0.2) is 5.65 Å². The summed E-state index contributed by atoms with van der Waals surface area (Å²) in [4.78, 5) is 9.35. The smallest absolute Gasteiger partial charge is 0.164 e. The number of pyridine rings is 1. The van der Waals surface area contributed by atoms with E-state index < -0.39 is 0 Å². The van der Waals surface area contributed by atoms with Crippen LogP contribution >= 0.6 is 0 Å². The molecular weight excluding hydrogens is 276 g/mol. The molecule has 112 valence electrons. The molecule has 0 amide bonds. The minimum absolute atomic E-state index is 0.288. The molecule has 1 saturated heterocycles. The summed E-state index contributed by atoms with van der Waals surface area (Å²) >= 11 is 0. The number of hydrogen-bond acceptors (Lipinski definition) is 4. The summed E-state index contributed by atoms with van der Waals surface area (Å²) in [7, 11) is 1.68. The molecule has 0 bridgehead atoms. The Hall–Kier alpha value is -2.40. The van der Waals surface area contributed by atoms with Crippen LogP contribution in [0.3, 0.4) is 0 Å². The minimum atomic E-state index is 0.288. The van der Waals surface area contributed by atoms with Gasteiger partial charge in [0.05, 0.1) is 13.2 Å². The number of hydrogen-bond donors (Lipinski definition) is 1. The van der Waals surface area contributed by atoms with Crippen molar-refractivity contribution in [2.24, 2.45) is 0 Å². The molecule has 2 aromatic heterocycles. The first-order chi connectivity index (χ1) is 10.9. The first-order valence-electron chi connectivity index (χ1n) is 7.58. The Bertz CT molecular complexity index is 788. The molecule has 3 heterocycles. The first kappa shape index (κ1) is 13.3. The van der Waals surface area contributed by atoms with E-state index in [4.69, 9.17) is 9.72 Å². The third kappa shape index (κ3) is 2.14. The molecule has 3 aromatic rings. The van der Waals surface area contributed by atoms with Crippen molar-refractivity contribution in [3.8, 4) is 11.4 Å². The van der Waals surface area contributed by atoms with Crippen molar-refractivity contribution in [3.63, 3.8) is 0 Å². The zero-order valence-electron chi connectivity index (χ0n) is 12.5. The van der Waals surface area contributed by atoms with Crippen molar-refractivity contribution in [1.29, 1.82) is 0 Å². The van der Waals surface area contributed by atoms with Gasteiger partial charge in [-0.05, 0) is 55.8 Å². The molecule has 1 atom stereocenters. The number of aromatic nitrogens is 3. The number of imidazole rings is 1. The van der Waals surface area contributed by atoms with Crippen molar-refractivity contribution in [1.82, 2.24) is 19.9 Å². The van der Waals surface area contributed by atoms with Crippen LogP contribution in [0.1, 0.15) is 24.7 Å². The molecule has 0 radical (unpaired) electrons. The average molecular weight is 294 g/mol. The van der Waals surface area contributed by atoms with Crippen molar-refractivity contribution < 1.29 is 4.74 Å². The van der Waals surface area contributed by atoms with Crippen molar-refractivity contribution in [3.05, 3.63) is 48.4 Å². The summed E-state index contributed by atoms with van der Waals surface area (Å²) in [6.07, 6.45) is 4.11. The molecule has 0 aliphatic carbocycles. The fourth-order valence-electron chi connectivity index (χ4n) is 3.05. The van der Waals surface area contributed by atoms with Crippen LogP contribution in [0.2, 0.25) is 0 Å². The number of rotatable bonds is 3. The Kier molecular flexibility index (Phi) is 3.27. The Labute approximate surface area is 129 Å². The maximum Gasteiger partial charge on any atom is 0.164 e. The van der Waals surface area contributed by atoms with Gasteiger partial charge in [-0.25, -0.2) is 9.97 Å². The summed E-state index contributed by atoms with van der Waals surface area (Å²) in [5.74, 6) is 1.89. The Morgan fingerprint density at radius 2 is 2.09 bits per heavy atom. The maximum atomic E-state index is 5.25. The normalized spacial score (nSPS) is 18.0. The predicted octanol–water partition coefficient (Wildman–Crippen LogP) is 2.85. The highest BCUT2D eigenvalue weighted by Gasteiger charge is 2.24. The molecule has 1 aliphatic heterocycles. The molecule has 0 spiro atoms. The first-order valence-corrected chi connectivity index (χ1v) is 7.58. The summed E-state index contributed by atoms with van der Waals surface area (Å²) < 4.78 is 7.40. The van der Waals surface area contributed by atoms with Gasteiger partial charge in [-0.1, -0.05) is 0 Å². The van der Waals surface area contributed by atoms with Crippen LogP contribution in [0.4, 0.5) is 0 Å². The molecule has 1 aliphatic rings. The zero-order valence-corrected chi connectivity index (χ0v) is 12.5. The average Bonchev–Trinajstić information content (AvgIpc) is 3.22. The lowest BCUT2D eigenvalue weighted by Gasteiger charge is -2.14. The van der Waals surface area contributed by atoms with Crippen LogP contribution in [0, 0.1) is 0 Å². The molecule has 5 heteroatoms. The van der Waals surface area contributed by atoms with Crippen LogP contribution < -0.4 is 10.1 Å². The topological polar surface area (TPSA) is 52.0 Å². The highest BCUT2D eigenvalue weighted by atomic mass is 16.5. The Morgan fingerprint density at radius 1 is 1.23 bits per heavy atom. The van der Waals surface area contributed by atoms with Crippen LogP contribution in [0.5, 0.6) is 5.75 Å². The highest BCUT2D eigenvalue weighted by Crippen LogP contribution is 2.29. The molecule has 22 heavy (non-hydrogen) atoms. The quantitative estimate of drug-likeness (QED) is 0.807. The fraction of sp³-hybridized carbons (Fsp3) is 0.294. The van der Waals surface area contributed by atoms with E-state index in [1.165, 1.54) is 6.42 Å². The van der Waals surface area contributed by atoms with Crippen LogP contribution in [0.15, 0.2) is 42.6 Å². The standard InChI is InChI=1S/C17H18N4O/c1-22-13-8-6-12(7-9-13)21-16-15(5-3-11-19-16)20-17(21)14-4-2-10-18-14/h3,5-9,11,14,18H,2,4,10H2,1H3. The van der Waals surface area contributed by atoms with E-state index in [0.717, 1.165) is 41.4 Å². The third-order valence-electron chi connectivity index (χ3n) is 4.14. The molecule has 5 nitrogen and oxygen atoms in total. The summed E-state index contributed by atoms with van der Waals surface area (Å²) in [6, 6.07) is 12.3. The van der Waals surface area contributed by atoms with Crippen molar-refractivity contribution in [2.75, 3.05) is 13.7 Å². The maximum absolute atomic E-state index is 5.25. The molecule has 0 saturated carbocycles. The molecule has 1 N–H and O–H groups in total. The lowest BCUT2D eigenvalue weighted by atomic mass is 10.2. The summed E-state index contributed by atoms with van der Waals surface area (Å²) in [6.45, 7) is 1.05. The van der Waals surface area contributed by atoms with Gasteiger partial charge in [-0.3, -0.25) is 4.57 Å². The van der Waals surface area contributed by atoms with E-state index in [1.807, 2.05) is 42.6 Å². The van der Waals surface area contributed by atoms with Gasteiger partial charge in [-0.15, -0.1) is 0 Å². The Balaban J connectivity index is 1.90. The number of nitrogens with one attached hydrogen (secondary N) is 1. The number of benzene rings is 1. The van der Waals surface area contributed by atoms with E-state index >= 15 is 0 Å². The monoisotopic (exact) mass is 294 g/mol. The predicted molar refractivity (Wildman–Crippen MR) is 85.4 cm³/mol. The van der Waals surface area contributed by atoms with E-state index in [-0.39, 0.29) is 6.04 Å². The van der Waals surface area contributed by atoms with Gasteiger partial charge in [0.1, 0.15) is 17.1 Å². The molecule has 4 rings (SSSR count). The molecular formula is C17H18N4O. The van der Waals surface area contributed by atoms with Crippen LogP contribution in [-0.4, -0.2) is 28.2 Å². The lowest BCUT2D eigenvalue weighted by molar-refractivity contribution is 0.414. The molecule has 1 aromatic carbocycles. The number of nitrogens with zero attached hydrogens (tertiary/aromatic N) is 3. The van der Waals surface area contributed by atoms with E-state index in [1.54, 1.807) is 7.11 Å². The van der Waals surface area contributed by atoms with Gasteiger partial charge in [0.2, 0.25) is 0 Å². The largest absolute Gasteiger partial charge is 0.497 e. The van der Waals surface area contributed by atoms with Crippen LogP contribution in [-0.2, 0) is 0 Å². The van der Waals surface area contributed by atoms with Gasteiger partial charge in [0, 0.05) is 11.9 Å². The van der Waals surface area contributed by atoms with Crippen molar-refractivity contribution in [2.45, 2.75) is 18.9 Å². The zero-order chi connectivity index (χ0) is 14.9. The van der Waals surface area contributed by atoms with Crippen molar-refractivity contribution >= 4 is 11.2 Å². The highest BCUT2D eigenvalue weighted by molar-refractivity contribution is 5.74. The second kappa shape index (κ2) is 5.42. The lowest BCUT2D eigenvalue weighted by Crippen LogP contribution is -2.17. The number of ether oxygens (including phenoxy) is 1. The third-order valence-corrected chi connectivity index (χ3v) is 4.14. The summed E-state index contributed by atoms with van der Waals surface area (Å²) in [5.41, 5.74) is 2.89. The number of methoxy groups -OCH3 is 1. The van der Waals surface area contributed by atoms with E-state index in [2.05, 4.69) is 14.9 Å². The molecule has 1 unspecified atom stereocenters. The number of fused-ring (bicyclic) bond motifs is 1. The second-order valence-corrected chi connectivity index (χ2v) is 5.50. The minimum Gasteiger partial charge on any atom is -0.497 e. The second-order valence-electron chi connectivity index (χ2n) is 5.50. The fourth-order valence-corrected chi connectivity index (χ4v) is 3.05. The van der Waals surface area contributed by atoms with Gasteiger partial charge in [-0.2, -0.15) is 0 Å². The van der Waals surface area contributed by atoms with Gasteiger partial charge >= 0.3 is 0 Å². The van der Waals surface area contributed by atoms with Crippen LogP contribution in [0.25, 0.3) is 16.9 Å².